The van der Waals surface area contributed by atoms with Gasteiger partial charge in [0.25, 0.3) is 0 Å². The first-order valence-electron chi connectivity index (χ1n) is 11.0. The number of carbonyl (C=O) groups excluding carboxylic acids is 1. The zero-order valence-corrected chi connectivity index (χ0v) is 18.6. The minimum absolute atomic E-state index is 0.0711. The van der Waals surface area contributed by atoms with Gasteiger partial charge in [0.1, 0.15) is 18.1 Å². The summed E-state index contributed by atoms with van der Waals surface area (Å²) in [4.78, 5) is 17.5. The predicted molar refractivity (Wildman–Crippen MR) is 124 cm³/mol. The van der Waals surface area contributed by atoms with Gasteiger partial charge >= 0.3 is 0 Å². The third-order valence-electron chi connectivity index (χ3n) is 6.21. The lowest BCUT2D eigenvalue weighted by Crippen LogP contribution is -2.35. The third-order valence-corrected chi connectivity index (χ3v) is 6.21. The van der Waals surface area contributed by atoms with Gasteiger partial charge in [0, 0.05) is 34.6 Å². The van der Waals surface area contributed by atoms with E-state index in [-0.39, 0.29) is 24.3 Å². The van der Waals surface area contributed by atoms with Crippen LogP contribution in [0.25, 0.3) is 33.1 Å². The second kappa shape index (κ2) is 8.69. The zero-order chi connectivity index (χ0) is 22.9. The molecule has 170 valence electrons. The molecule has 1 saturated carbocycles. The molecular formula is C25H25FN4O3. The molecule has 1 aliphatic carbocycles. The second-order valence-electron chi connectivity index (χ2n) is 8.31. The van der Waals surface area contributed by atoms with Crippen LogP contribution in [-0.2, 0) is 11.3 Å². The van der Waals surface area contributed by atoms with Crippen LogP contribution in [0.15, 0.2) is 42.6 Å². The van der Waals surface area contributed by atoms with Crippen molar-refractivity contribution in [2.75, 3.05) is 14.2 Å². The van der Waals surface area contributed by atoms with Crippen LogP contribution in [0.5, 0.6) is 11.5 Å². The minimum atomic E-state index is -0.321. The Balaban J connectivity index is 1.67. The molecule has 0 aliphatic heterocycles. The van der Waals surface area contributed by atoms with Gasteiger partial charge in [0.2, 0.25) is 5.91 Å². The number of fused-ring (bicyclic) bond motifs is 3. The quantitative estimate of drug-likeness (QED) is 0.471. The van der Waals surface area contributed by atoms with E-state index < -0.39 is 0 Å². The van der Waals surface area contributed by atoms with E-state index in [9.17, 15) is 9.18 Å². The van der Waals surface area contributed by atoms with Gasteiger partial charge in [-0.05, 0) is 43.2 Å². The number of ether oxygens (including phenoxy) is 2. The number of nitrogens with zero attached hydrogens (tertiary/aromatic N) is 3. The van der Waals surface area contributed by atoms with Crippen molar-refractivity contribution in [3.8, 4) is 22.8 Å². The number of hydrogen-bond donors (Lipinski definition) is 1. The van der Waals surface area contributed by atoms with Crippen molar-refractivity contribution in [2.24, 2.45) is 0 Å². The van der Waals surface area contributed by atoms with Gasteiger partial charge in [0.15, 0.2) is 11.5 Å². The van der Waals surface area contributed by atoms with E-state index in [0.29, 0.717) is 22.7 Å². The van der Waals surface area contributed by atoms with Crippen molar-refractivity contribution in [3.63, 3.8) is 0 Å². The van der Waals surface area contributed by atoms with Gasteiger partial charge in [-0.2, -0.15) is 5.10 Å². The van der Waals surface area contributed by atoms with Crippen LogP contribution in [0.1, 0.15) is 25.7 Å². The number of rotatable bonds is 6. The van der Waals surface area contributed by atoms with Gasteiger partial charge in [-0.15, -0.1) is 0 Å². The summed E-state index contributed by atoms with van der Waals surface area (Å²) in [5, 5.41) is 9.47. The van der Waals surface area contributed by atoms with Gasteiger partial charge in [-0.25, -0.2) is 4.39 Å². The molecule has 2 heterocycles. The molecule has 0 saturated heterocycles. The number of benzene rings is 2. The summed E-state index contributed by atoms with van der Waals surface area (Å²) in [5.74, 6) is 0.729. The smallest absolute Gasteiger partial charge is 0.241 e. The summed E-state index contributed by atoms with van der Waals surface area (Å²) in [7, 11) is 3.15. The maximum Gasteiger partial charge on any atom is 0.241 e. The topological polar surface area (TPSA) is 78.3 Å². The Morgan fingerprint density at radius 2 is 1.79 bits per heavy atom. The molecule has 5 rings (SSSR count). The first-order valence-corrected chi connectivity index (χ1v) is 11.0. The Labute approximate surface area is 190 Å². The average molecular weight is 448 g/mol. The van der Waals surface area contributed by atoms with Crippen molar-refractivity contribution in [3.05, 3.63) is 48.4 Å². The van der Waals surface area contributed by atoms with E-state index in [1.807, 2.05) is 6.07 Å². The second-order valence-corrected chi connectivity index (χ2v) is 8.31. The van der Waals surface area contributed by atoms with Crippen LogP contribution in [-0.4, -0.2) is 40.9 Å². The summed E-state index contributed by atoms with van der Waals surface area (Å²) >= 11 is 0. The van der Waals surface area contributed by atoms with Crippen LogP contribution in [0.3, 0.4) is 0 Å². The van der Waals surface area contributed by atoms with Gasteiger partial charge in [-0.3, -0.25) is 14.5 Å². The monoisotopic (exact) mass is 448 g/mol. The van der Waals surface area contributed by atoms with Gasteiger partial charge < -0.3 is 14.8 Å². The van der Waals surface area contributed by atoms with Gasteiger partial charge in [-0.1, -0.05) is 12.8 Å². The first kappa shape index (κ1) is 21.2. The number of amides is 1. The summed E-state index contributed by atoms with van der Waals surface area (Å²) in [6.45, 7) is 0.0711. The molecule has 4 aromatic rings. The Morgan fingerprint density at radius 3 is 2.48 bits per heavy atom. The molecule has 33 heavy (non-hydrogen) atoms. The highest BCUT2D eigenvalue weighted by atomic mass is 19.1. The van der Waals surface area contributed by atoms with Crippen molar-refractivity contribution >= 4 is 27.7 Å². The molecule has 0 bridgehead atoms. The Bertz CT molecular complexity index is 1330. The molecule has 0 radical (unpaired) electrons. The van der Waals surface area contributed by atoms with E-state index in [2.05, 4.69) is 10.3 Å². The molecule has 1 N–H and O–H groups in total. The number of aromatic nitrogens is 3. The van der Waals surface area contributed by atoms with Crippen molar-refractivity contribution in [2.45, 2.75) is 38.3 Å². The van der Waals surface area contributed by atoms with Crippen LogP contribution in [0.2, 0.25) is 0 Å². The number of hydrogen-bond acceptors (Lipinski definition) is 5. The average Bonchev–Trinajstić information content (AvgIpc) is 3.46. The molecule has 0 unspecified atom stereocenters. The highest BCUT2D eigenvalue weighted by molar-refractivity contribution is 6.09. The lowest BCUT2D eigenvalue weighted by molar-refractivity contribution is -0.122. The van der Waals surface area contributed by atoms with Crippen LogP contribution in [0.4, 0.5) is 4.39 Å². The molecule has 2 aromatic carbocycles. The SMILES string of the molecule is COc1cc2ncc3c(-c4ccc(F)cc4)nn(CC(=O)NC4CCCC4)c3c2cc1OC. The lowest BCUT2D eigenvalue weighted by Gasteiger charge is -2.13. The summed E-state index contributed by atoms with van der Waals surface area (Å²) in [6.07, 6.45) is 6.04. The number of pyridine rings is 1. The Hall–Kier alpha value is -3.68. The maximum atomic E-state index is 13.5. The number of halogens is 1. The fourth-order valence-electron chi connectivity index (χ4n) is 4.60. The fourth-order valence-corrected chi connectivity index (χ4v) is 4.60. The molecule has 8 heteroatoms. The van der Waals surface area contributed by atoms with Gasteiger partial charge in [0.05, 0.1) is 25.3 Å². The Kier molecular flexibility index (Phi) is 5.58. The summed E-state index contributed by atoms with van der Waals surface area (Å²) < 4.78 is 26.2. The highest BCUT2D eigenvalue weighted by Gasteiger charge is 2.21. The van der Waals surface area contributed by atoms with Crippen molar-refractivity contribution in [1.82, 2.24) is 20.1 Å². The number of nitrogens with one attached hydrogen (secondary N) is 1. The standard InChI is InChI=1S/C25H25FN4O3/c1-32-21-11-18-20(12-22(21)33-2)27-13-19-24(15-7-9-16(26)10-8-15)29-30(25(18)19)14-23(31)28-17-5-3-4-6-17/h7-13,17H,3-6,14H2,1-2H3,(H,28,31). The van der Waals surface area contributed by atoms with E-state index in [1.165, 1.54) is 12.1 Å². The van der Waals surface area contributed by atoms with Crippen LogP contribution >= 0.6 is 0 Å². The number of carbonyl (C=O) groups is 1. The molecule has 1 amide bonds. The number of methoxy groups -OCH3 is 2. The van der Waals surface area contributed by atoms with Crippen LogP contribution < -0.4 is 14.8 Å². The Morgan fingerprint density at radius 1 is 1.09 bits per heavy atom. The molecule has 1 aliphatic rings. The minimum Gasteiger partial charge on any atom is -0.493 e. The maximum absolute atomic E-state index is 13.5. The predicted octanol–water partition coefficient (Wildman–Crippen LogP) is 4.47. The first-order chi connectivity index (χ1) is 16.1. The molecule has 7 nitrogen and oxygen atoms in total. The van der Waals surface area contributed by atoms with Crippen molar-refractivity contribution in [1.29, 1.82) is 0 Å². The van der Waals surface area contributed by atoms with E-state index in [0.717, 1.165) is 47.5 Å². The van der Waals surface area contributed by atoms with E-state index in [1.54, 1.807) is 43.3 Å². The third kappa shape index (κ3) is 3.97. The molecular weight excluding hydrogens is 423 g/mol. The van der Waals surface area contributed by atoms with Crippen LogP contribution in [0, 0.1) is 5.82 Å². The lowest BCUT2D eigenvalue weighted by atomic mass is 10.1. The van der Waals surface area contributed by atoms with Crippen molar-refractivity contribution < 1.29 is 18.7 Å². The largest absolute Gasteiger partial charge is 0.493 e. The van der Waals surface area contributed by atoms with E-state index >= 15 is 0 Å². The molecule has 0 spiro atoms. The summed E-state index contributed by atoms with van der Waals surface area (Å²) in [5.41, 5.74) is 2.85. The normalized spacial score (nSPS) is 14.2. The van der Waals surface area contributed by atoms with E-state index in [4.69, 9.17) is 14.6 Å². The highest BCUT2D eigenvalue weighted by Crippen LogP contribution is 2.37. The molecule has 1 fully saturated rings. The summed E-state index contributed by atoms with van der Waals surface area (Å²) in [6, 6.07) is 10.0. The molecule has 0 atom stereocenters. The fraction of sp³-hybridized carbons (Fsp3) is 0.320. The zero-order valence-electron chi connectivity index (χ0n) is 18.6. The molecule has 2 aromatic heterocycles.